The van der Waals surface area contributed by atoms with Crippen molar-refractivity contribution >= 4 is 0 Å². The quantitative estimate of drug-likeness (QED) is 0.483. The first-order chi connectivity index (χ1) is 4.43. The smallest absolute Gasteiger partial charge is 0.0472 e. The summed E-state index contributed by atoms with van der Waals surface area (Å²) in [6.45, 7) is 0.206. The second kappa shape index (κ2) is 3.14. The second-order valence-corrected chi connectivity index (χ2v) is 1.81. The molecule has 9 heavy (non-hydrogen) atoms. The highest BCUT2D eigenvalue weighted by atomic mass is 16.2. The summed E-state index contributed by atoms with van der Waals surface area (Å²) in [7, 11) is 0. The molecule has 0 aliphatic carbocycles. The lowest BCUT2D eigenvalue weighted by Crippen LogP contribution is -2.23. The summed E-state index contributed by atoms with van der Waals surface area (Å²) in [4.78, 5) is 0. The van der Waals surface area contributed by atoms with E-state index < -0.39 is 0 Å². The molecule has 3 nitrogen and oxygen atoms in total. The van der Waals surface area contributed by atoms with Crippen molar-refractivity contribution in [3.63, 3.8) is 0 Å². The fraction of sp³-hybridized carbons (Fsp3) is 0.333. The van der Waals surface area contributed by atoms with Crippen LogP contribution in [0.1, 0.15) is 6.42 Å². The van der Waals surface area contributed by atoms with Crippen LogP contribution in [0.5, 0.6) is 0 Å². The summed E-state index contributed by atoms with van der Waals surface area (Å²) in [6.07, 6.45) is 6.26. The third-order valence-electron chi connectivity index (χ3n) is 1.12. The van der Waals surface area contributed by atoms with Gasteiger partial charge in [0.05, 0.1) is 0 Å². The van der Waals surface area contributed by atoms with E-state index in [2.05, 4.69) is 10.9 Å². The van der Waals surface area contributed by atoms with Crippen LogP contribution in [0.3, 0.4) is 0 Å². The Kier molecular flexibility index (Phi) is 2.15. The third kappa shape index (κ3) is 1.77. The minimum atomic E-state index is 0.206. The number of aliphatic hydroxyl groups excluding tert-OH is 1. The van der Waals surface area contributed by atoms with Crippen LogP contribution in [0, 0.1) is 0 Å². The van der Waals surface area contributed by atoms with Crippen LogP contribution in [0.2, 0.25) is 0 Å². The van der Waals surface area contributed by atoms with Crippen molar-refractivity contribution in [3.05, 3.63) is 24.0 Å². The van der Waals surface area contributed by atoms with Crippen LogP contribution < -0.4 is 10.9 Å². The molecule has 0 atom stereocenters. The Morgan fingerprint density at radius 2 is 2.33 bits per heavy atom. The monoisotopic (exact) mass is 126 g/mol. The first kappa shape index (κ1) is 6.16. The fourth-order valence-electron chi connectivity index (χ4n) is 0.664. The summed E-state index contributed by atoms with van der Waals surface area (Å²) >= 11 is 0. The molecule has 0 radical (unpaired) electrons. The maximum absolute atomic E-state index is 8.50. The number of nitrogens with one attached hydrogen (secondary N) is 2. The van der Waals surface area contributed by atoms with E-state index >= 15 is 0 Å². The van der Waals surface area contributed by atoms with E-state index in [0.717, 1.165) is 5.57 Å². The topological polar surface area (TPSA) is 44.3 Å². The molecule has 3 N–H and O–H groups in total. The second-order valence-electron chi connectivity index (χ2n) is 1.81. The molecule has 0 aromatic carbocycles. The molecule has 0 saturated carbocycles. The van der Waals surface area contributed by atoms with E-state index in [1.807, 2.05) is 12.3 Å². The zero-order chi connectivity index (χ0) is 6.53. The summed E-state index contributed by atoms with van der Waals surface area (Å²) in [5, 5.41) is 8.50. The van der Waals surface area contributed by atoms with Crippen LogP contribution in [-0.4, -0.2) is 11.7 Å². The summed E-state index contributed by atoms with van der Waals surface area (Å²) in [5.74, 6) is 0. The normalized spacial score (nSPS) is 15.9. The molecule has 0 aromatic rings. The summed E-state index contributed by atoms with van der Waals surface area (Å²) in [6, 6.07) is 0. The minimum absolute atomic E-state index is 0.206. The van der Waals surface area contributed by atoms with Crippen molar-refractivity contribution in [1.82, 2.24) is 10.9 Å². The maximum Gasteiger partial charge on any atom is 0.0472 e. The van der Waals surface area contributed by atoms with Crippen molar-refractivity contribution in [2.45, 2.75) is 6.42 Å². The van der Waals surface area contributed by atoms with Gasteiger partial charge >= 0.3 is 0 Å². The van der Waals surface area contributed by atoms with E-state index in [0.29, 0.717) is 6.42 Å². The lowest BCUT2D eigenvalue weighted by atomic mass is 10.2. The number of hydrogen-bond acceptors (Lipinski definition) is 3. The molecule has 0 fully saturated rings. The molecular weight excluding hydrogens is 116 g/mol. The van der Waals surface area contributed by atoms with Crippen molar-refractivity contribution < 1.29 is 5.11 Å². The Labute approximate surface area is 54.0 Å². The van der Waals surface area contributed by atoms with Gasteiger partial charge in [0.25, 0.3) is 0 Å². The van der Waals surface area contributed by atoms with Crippen molar-refractivity contribution in [2.24, 2.45) is 0 Å². The summed E-state index contributed by atoms with van der Waals surface area (Å²) in [5.41, 5.74) is 6.70. The number of rotatable bonds is 2. The molecule has 1 aliphatic rings. The van der Waals surface area contributed by atoms with Gasteiger partial charge in [-0.1, -0.05) is 0 Å². The molecule has 0 spiro atoms. The van der Waals surface area contributed by atoms with Gasteiger partial charge in [-0.25, -0.2) is 0 Å². The molecule has 50 valence electrons. The number of allylic oxidation sites excluding steroid dienone is 1. The van der Waals surface area contributed by atoms with Crippen LogP contribution in [-0.2, 0) is 0 Å². The van der Waals surface area contributed by atoms with E-state index in [9.17, 15) is 0 Å². The molecule has 0 amide bonds. The zero-order valence-electron chi connectivity index (χ0n) is 5.09. The molecule has 1 aliphatic heterocycles. The highest BCUT2D eigenvalue weighted by Gasteiger charge is 1.92. The number of aliphatic hydroxyl groups is 1. The lowest BCUT2D eigenvalue weighted by molar-refractivity contribution is 0.300. The zero-order valence-corrected chi connectivity index (χ0v) is 5.09. The van der Waals surface area contributed by atoms with Crippen molar-refractivity contribution in [3.8, 4) is 0 Å². The molecular formula is C6H10N2O. The molecule has 0 aromatic heterocycles. The Bertz CT molecular complexity index is 140. The van der Waals surface area contributed by atoms with Gasteiger partial charge in [-0.2, -0.15) is 0 Å². The fourth-order valence-corrected chi connectivity index (χ4v) is 0.664. The standard InChI is InChI=1S/C6H10N2O/c9-4-2-6-1-3-7-8-5-6/h1,3,5,7-9H,2,4H2. The van der Waals surface area contributed by atoms with Gasteiger partial charge in [-0.15, -0.1) is 0 Å². The van der Waals surface area contributed by atoms with Gasteiger partial charge in [-0.05, 0) is 18.1 Å². The Balaban J connectivity index is 2.38. The van der Waals surface area contributed by atoms with Gasteiger partial charge in [-0.3, -0.25) is 0 Å². The van der Waals surface area contributed by atoms with Crippen molar-refractivity contribution in [2.75, 3.05) is 6.61 Å². The van der Waals surface area contributed by atoms with Crippen LogP contribution >= 0.6 is 0 Å². The van der Waals surface area contributed by atoms with Gasteiger partial charge in [0.2, 0.25) is 0 Å². The van der Waals surface area contributed by atoms with Gasteiger partial charge in [0.15, 0.2) is 0 Å². The number of hydrazine groups is 1. The molecule has 0 saturated heterocycles. The molecule has 0 bridgehead atoms. The predicted molar refractivity (Wildman–Crippen MR) is 35.2 cm³/mol. The van der Waals surface area contributed by atoms with Crippen molar-refractivity contribution in [1.29, 1.82) is 0 Å². The number of hydrogen-bond donors (Lipinski definition) is 3. The van der Waals surface area contributed by atoms with Crippen LogP contribution in [0.25, 0.3) is 0 Å². The SMILES string of the molecule is OCCC1=CNNC=C1. The minimum Gasteiger partial charge on any atom is -0.396 e. The third-order valence-corrected chi connectivity index (χ3v) is 1.12. The first-order valence-corrected chi connectivity index (χ1v) is 2.91. The lowest BCUT2D eigenvalue weighted by Gasteiger charge is -2.07. The highest BCUT2D eigenvalue weighted by Crippen LogP contribution is 2.01. The average Bonchev–Trinajstić information content (AvgIpc) is 1.91. The average molecular weight is 126 g/mol. The molecule has 1 rings (SSSR count). The predicted octanol–water partition coefficient (Wildman–Crippen LogP) is -0.126. The van der Waals surface area contributed by atoms with E-state index in [4.69, 9.17) is 5.11 Å². The highest BCUT2D eigenvalue weighted by molar-refractivity contribution is 5.19. The van der Waals surface area contributed by atoms with Crippen LogP contribution in [0.4, 0.5) is 0 Å². The van der Waals surface area contributed by atoms with Gasteiger partial charge < -0.3 is 16.0 Å². The maximum atomic E-state index is 8.50. The molecule has 0 unspecified atom stereocenters. The van der Waals surface area contributed by atoms with E-state index in [-0.39, 0.29) is 6.61 Å². The molecule has 1 heterocycles. The van der Waals surface area contributed by atoms with Crippen LogP contribution in [0.15, 0.2) is 24.0 Å². The molecule has 3 heteroatoms. The van der Waals surface area contributed by atoms with Gasteiger partial charge in [0, 0.05) is 19.0 Å². The Morgan fingerprint density at radius 1 is 1.44 bits per heavy atom. The largest absolute Gasteiger partial charge is 0.396 e. The van der Waals surface area contributed by atoms with E-state index in [1.165, 1.54) is 0 Å². The van der Waals surface area contributed by atoms with E-state index in [1.54, 1.807) is 6.20 Å². The summed E-state index contributed by atoms with van der Waals surface area (Å²) < 4.78 is 0. The Hall–Kier alpha value is -0.960. The van der Waals surface area contributed by atoms with Gasteiger partial charge in [0.1, 0.15) is 0 Å². The first-order valence-electron chi connectivity index (χ1n) is 2.91. The Morgan fingerprint density at radius 3 is 2.89 bits per heavy atom.